The first-order valence-corrected chi connectivity index (χ1v) is 9.33. The maximum atomic E-state index is 12.3. The number of unbranched alkanes of at least 4 members (excludes halogenated alkanes) is 4. The number of ether oxygens (including phenoxy) is 1. The van der Waals surface area contributed by atoms with Gasteiger partial charge in [-0.15, -0.1) is 0 Å². The van der Waals surface area contributed by atoms with E-state index in [1.165, 1.54) is 25.7 Å². The van der Waals surface area contributed by atoms with E-state index in [1.54, 1.807) is 0 Å². The van der Waals surface area contributed by atoms with Gasteiger partial charge in [-0.25, -0.2) is 0 Å². The van der Waals surface area contributed by atoms with Crippen LogP contribution in [0.1, 0.15) is 65.2 Å². The molecule has 4 nitrogen and oxygen atoms in total. The maximum absolute atomic E-state index is 12.3. The predicted octanol–water partition coefficient (Wildman–Crippen LogP) is 3.06. The Morgan fingerprint density at radius 1 is 1.09 bits per heavy atom. The van der Waals surface area contributed by atoms with Crippen LogP contribution in [0.15, 0.2) is 0 Å². The summed E-state index contributed by atoms with van der Waals surface area (Å²) in [5.41, 5.74) is 0. The van der Waals surface area contributed by atoms with E-state index in [0.717, 1.165) is 58.5 Å². The monoisotopic (exact) mass is 310 g/mol. The van der Waals surface area contributed by atoms with E-state index < -0.39 is 0 Å². The highest BCUT2D eigenvalue weighted by Crippen LogP contribution is 2.21. The number of piperidine rings is 1. The Hall–Kier alpha value is -0.610. The molecule has 0 unspecified atom stereocenters. The first-order valence-electron chi connectivity index (χ1n) is 9.33. The molecule has 0 saturated carbocycles. The number of morpholine rings is 1. The van der Waals surface area contributed by atoms with Gasteiger partial charge in [-0.05, 0) is 26.2 Å². The summed E-state index contributed by atoms with van der Waals surface area (Å²) >= 11 is 0. The molecule has 0 N–H and O–H groups in total. The van der Waals surface area contributed by atoms with Crippen molar-refractivity contribution >= 4 is 5.91 Å². The molecular weight excluding hydrogens is 276 g/mol. The summed E-state index contributed by atoms with van der Waals surface area (Å²) < 4.78 is 5.53. The number of rotatable bonds is 7. The van der Waals surface area contributed by atoms with Gasteiger partial charge < -0.3 is 9.64 Å². The molecule has 0 aliphatic carbocycles. The van der Waals surface area contributed by atoms with E-state index in [2.05, 4.69) is 23.6 Å². The van der Waals surface area contributed by atoms with E-state index in [-0.39, 0.29) is 0 Å². The second kappa shape index (κ2) is 9.51. The van der Waals surface area contributed by atoms with E-state index in [4.69, 9.17) is 4.74 Å². The lowest BCUT2D eigenvalue weighted by atomic mass is 10.00. The molecule has 2 aliphatic heterocycles. The zero-order valence-corrected chi connectivity index (χ0v) is 14.6. The topological polar surface area (TPSA) is 32.8 Å². The van der Waals surface area contributed by atoms with Gasteiger partial charge >= 0.3 is 0 Å². The van der Waals surface area contributed by atoms with Crippen LogP contribution in [-0.2, 0) is 9.53 Å². The third kappa shape index (κ3) is 5.24. The molecule has 2 aliphatic rings. The maximum Gasteiger partial charge on any atom is 0.222 e. The third-order valence-electron chi connectivity index (χ3n) is 5.20. The van der Waals surface area contributed by atoms with Gasteiger partial charge in [0.1, 0.15) is 0 Å². The lowest BCUT2D eigenvalue weighted by molar-refractivity contribution is -0.133. The highest BCUT2D eigenvalue weighted by molar-refractivity contribution is 5.76. The Balaban J connectivity index is 1.64. The Bertz CT molecular complexity index is 327. The van der Waals surface area contributed by atoms with Gasteiger partial charge in [-0.2, -0.15) is 0 Å². The number of nitrogens with zero attached hydrogens (tertiary/aromatic N) is 2. The van der Waals surface area contributed by atoms with Crippen molar-refractivity contribution in [1.82, 2.24) is 9.80 Å². The van der Waals surface area contributed by atoms with Crippen molar-refractivity contribution < 1.29 is 9.53 Å². The SMILES string of the molecule is CCCCCCCC(=O)N1CCC(N2CCOC[C@H]2C)CC1. The molecule has 0 spiro atoms. The van der Waals surface area contributed by atoms with Crippen LogP contribution >= 0.6 is 0 Å². The van der Waals surface area contributed by atoms with Crippen LogP contribution in [0.2, 0.25) is 0 Å². The molecule has 22 heavy (non-hydrogen) atoms. The van der Waals surface area contributed by atoms with Crippen LogP contribution in [0.25, 0.3) is 0 Å². The molecule has 0 aromatic heterocycles. The lowest BCUT2D eigenvalue weighted by Gasteiger charge is -2.43. The summed E-state index contributed by atoms with van der Waals surface area (Å²) in [6.45, 7) is 9.15. The minimum atomic E-state index is 0.380. The summed E-state index contributed by atoms with van der Waals surface area (Å²) in [6, 6.07) is 1.17. The number of carbonyl (C=O) groups excluding carboxylic acids is 1. The molecule has 1 atom stereocenters. The molecule has 2 fully saturated rings. The molecular formula is C18H34N2O2. The molecule has 1 amide bonds. The molecule has 2 saturated heterocycles. The summed E-state index contributed by atoms with van der Waals surface area (Å²) in [4.78, 5) is 17.0. The highest BCUT2D eigenvalue weighted by Gasteiger charge is 2.30. The fraction of sp³-hybridized carbons (Fsp3) is 0.944. The fourth-order valence-electron chi connectivity index (χ4n) is 3.77. The predicted molar refractivity (Wildman–Crippen MR) is 90.0 cm³/mol. The first kappa shape index (κ1) is 17.7. The fourth-order valence-corrected chi connectivity index (χ4v) is 3.77. The molecule has 128 valence electrons. The zero-order valence-electron chi connectivity index (χ0n) is 14.6. The van der Waals surface area contributed by atoms with Crippen molar-refractivity contribution in [3.63, 3.8) is 0 Å². The molecule has 2 heterocycles. The third-order valence-corrected chi connectivity index (χ3v) is 5.20. The minimum absolute atomic E-state index is 0.380. The molecule has 0 aromatic carbocycles. The highest BCUT2D eigenvalue weighted by atomic mass is 16.5. The Morgan fingerprint density at radius 2 is 1.82 bits per heavy atom. The second-order valence-corrected chi connectivity index (χ2v) is 6.94. The van der Waals surface area contributed by atoms with E-state index in [1.807, 2.05) is 0 Å². The number of carbonyl (C=O) groups is 1. The summed E-state index contributed by atoms with van der Waals surface area (Å²) in [5, 5.41) is 0. The number of likely N-dealkylation sites (tertiary alicyclic amines) is 1. The second-order valence-electron chi connectivity index (χ2n) is 6.94. The molecule has 2 rings (SSSR count). The van der Waals surface area contributed by atoms with Crippen molar-refractivity contribution in [2.45, 2.75) is 77.3 Å². The Kier molecular flexibility index (Phi) is 7.67. The number of hydrogen-bond acceptors (Lipinski definition) is 3. The summed E-state index contributed by atoms with van der Waals surface area (Å²) in [5.74, 6) is 0.380. The van der Waals surface area contributed by atoms with Crippen LogP contribution in [-0.4, -0.2) is 60.6 Å². The van der Waals surface area contributed by atoms with Gasteiger partial charge in [-0.3, -0.25) is 9.69 Å². The van der Waals surface area contributed by atoms with Gasteiger partial charge in [0.15, 0.2) is 0 Å². The smallest absolute Gasteiger partial charge is 0.222 e. The molecule has 0 radical (unpaired) electrons. The Morgan fingerprint density at radius 3 is 2.50 bits per heavy atom. The quantitative estimate of drug-likeness (QED) is 0.678. The van der Waals surface area contributed by atoms with Crippen LogP contribution in [0.5, 0.6) is 0 Å². The van der Waals surface area contributed by atoms with Crippen LogP contribution in [0.4, 0.5) is 0 Å². The molecule has 4 heteroatoms. The molecule has 0 aromatic rings. The first-order chi connectivity index (χ1) is 10.7. The number of amides is 1. The minimum Gasteiger partial charge on any atom is -0.379 e. The normalized spacial score (nSPS) is 24.6. The van der Waals surface area contributed by atoms with Gasteiger partial charge in [-0.1, -0.05) is 32.6 Å². The van der Waals surface area contributed by atoms with E-state index in [9.17, 15) is 4.79 Å². The average Bonchev–Trinajstić information content (AvgIpc) is 2.55. The standard InChI is InChI=1S/C18H34N2O2/c1-3-4-5-6-7-8-18(21)19-11-9-17(10-12-19)20-13-14-22-15-16(20)2/h16-17H,3-15H2,1-2H3/t16-/m1/s1. The summed E-state index contributed by atoms with van der Waals surface area (Å²) in [7, 11) is 0. The van der Waals surface area contributed by atoms with Crippen molar-refractivity contribution in [3.05, 3.63) is 0 Å². The Labute approximate surface area is 136 Å². The van der Waals surface area contributed by atoms with Crippen molar-refractivity contribution in [2.24, 2.45) is 0 Å². The average molecular weight is 310 g/mol. The van der Waals surface area contributed by atoms with Crippen LogP contribution < -0.4 is 0 Å². The molecule has 0 bridgehead atoms. The lowest BCUT2D eigenvalue weighted by Crippen LogP contribution is -2.53. The van der Waals surface area contributed by atoms with E-state index >= 15 is 0 Å². The summed E-state index contributed by atoms with van der Waals surface area (Å²) in [6.07, 6.45) is 9.14. The van der Waals surface area contributed by atoms with Gasteiger partial charge in [0.25, 0.3) is 0 Å². The van der Waals surface area contributed by atoms with Crippen LogP contribution in [0, 0.1) is 0 Å². The largest absolute Gasteiger partial charge is 0.379 e. The number of hydrogen-bond donors (Lipinski definition) is 0. The van der Waals surface area contributed by atoms with Gasteiger partial charge in [0.2, 0.25) is 5.91 Å². The van der Waals surface area contributed by atoms with Crippen molar-refractivity contribution in [3.8, 4) is 0 Å². The van der Waals surface area contributed by atoms with E-state index in [0.29, 0.717) is 18.0 Å². The van der Waals surface area contributed by atoms with Crippen LogP contribution in [0.3, 0.4) is 0 Å². The van der Waals surface area contributed by atoms with Gasteiger partial charge in [0, 0.05) is 38.1 Å². The van der Waals surface area contributed by atoms with Crippen molar-refractivity contribution in [1.29, 1.82) is 0 Å². The van der Waals surface area contributed by atoms with Gasteiger partial charge in [0.05, 0.1) is 13.2 Å². The van der Waals surface area contributed by atoms with Crippen molar-refractivity contribution in [2.75, 3.05) is 32.8 Å². The zero-order chi connectivity index (χ0) is 15.8.